The summed E-state index contributed by atoms with van der Waals surface area (Å²) in [4.78, 5) is 11.2. The first-order valence-corrected chi connectivity index (χ1v) is 5.69. The largest absolute Gasteiger partial charge is 0.493 e. The highest BCUT2D eigenvalue weighted by Crippen LogP contribution is 2.30. The van der Waals surface area contributed by atoms with E-state index in [1.54, 1.807) is 18.2 Å². The van der Waals surface area contributed by atoms with Crippen molar-refractivity contribution < 1.29 is 19.4 Å². The van der Waals surface area contributed by atoms with Gasteiger partial charge < -0.3 is 14.6 Å². The van der Waals surface area contributed by atoms with Crippen LogP contribution in [0.25, 0.3) is 0 Å². The molecule has 1 unspecified atom stereocenters. The van der Waals surface area contributed by atoms with Gasteiger partial charge in [-0.2, -0.15) is 0 Å². The summed E-state index contributed by atoms with van der Waals surface area (Å²) in [7, 11) is 1.25. The molecule has 1 aliphatic carbocycles. The standard InChI is InChI=1S/C13H16O4/c1-16-13(15)12(14)10-3-2-4-11(7-10)17-8-9-5-6-9/h2-4,7,9,12,14H,5-6,8H2,1H3. The predicted octanol–water partition coefficient (Wildman–Crippen LogP) is 1.68. The number of hydrogen-bond donors (Lipinski definition) is 1. The summed E-state index contributed by atoms with van der Waals surface area (Å²) in [5.41, 5.74) is 0.491. The summed E-state index contributed by atoms with van der Waals surface area (Å²) in [6, 6.07) is 6.91. The topological polar surface area (TPSA) is 55.8 Å². The SMILES string of the molecule is COC(=O)C(O)c1cccc(OCC2CC2)c1. The number of esters is 1. The highest BCUT2D eigenvalue weighted by Gasteiger charge is 2.22. The maximum atomic E-state index is 11.2. The Balaban J connectivity index is 2.01. The third-order valence-corrected chi connectivity index (χ3v) is 2.78. The Morgan fingerprint density at radius 1 is 1.53 bits per heavy atom. The van der Waals surface area contributed by atoms with Crippen LogP contribution >= 0.6 is 0 Å². The van der Waals surface area contributed by atoms with Crippen LogP contribution in [0.3, 0.4) is 0 Å². The molecule has 1 N–H and O–H groups in total. The summed E-state index contributed by atoms with van der Waals surface area (Å²) < 4.78 is 10.1. The lowest BCUT2D eigenvalue weighted by Gasteiger charge is -2.11. The molecule has 1 aromatic carbocycles. The van der Waals surface area contributed by atoms with E-state index in [9.17, 15) is 9.90 Å². The van der Waals surface area contributed by atoms with Gasteiger partial charge in [0.15, 0.2) is 6.10 Å². The highest BCUT2D eigenvalue weighted by atomic mass is 16.5. The van der Waals surface area contributed by atoms with Gasteiger partial charge in [-0.3, -0.25) is 0 Å². The van der Waals surface area contributed by atoms with Gasteiger partial charge in [-0.15, -0.1) is 0 Å². The molecule has 0 bridgehead atoms. The average Bonchev–Trinajstić information content (AvgIpc) is 3.19. The first kappa shape index (κ1) is 11.9. The van der Waals surface area contributed by atoms with Crippen LogP contribution in [0.15, 0.2) is 24.3 Å². The van der Waals surface area contributed by atoms with Gasteiger partial charge in [-0.1, -0.05) is 12.1 Å². The number of carbonyl (C=O) groups excluding carboxylic acids is 1. The van der Waals surface area contributed by atoms with E-state index in [4.69, 9.17) is 4.74 Å². The van der Waals surface area contributed by atoms with Crippen molar-refractivity contribution in [2.45, 2.75) is 18.9 Å². The molecule has 1 atom stereocenters. The second-order valence-electron chi connectivity index (χ2n) is 4.25. The number of carbonyl (C=O) groups is 1. The highest BCUT2D eigenvalue weighted by molar-refractivity contribution is 5.76. The molecule has 1 saturated carbocycles. The Hall–Kier alpha value is -1.55. The maximum Gasteiger partial charge on any atom is 0.339 e. The van der Waals surface area contributed by atoms with Gasteiger partial charge in [0.25, 0.3) is 0 Å². The van der Waals surface area contributed by atoms with Gasteiger partial charge in [0, 0.05) is 0 Å². The Bertz CT molecular complexity index is 398. The average molecular weight is 236 g/mol. The van der Waals surface area contributed by atoms with Crippen molar-refractivity contribution >= 4 is 5.97 Å². The first-order valence-electron chi connectivity index (χ1n) is 5.69. The molecule has 0 saturated heterocycles. The van der Waals surface area contributed by atoms with Gasteiger partial charge in [-0.25, -0.2) is 4.79 Å². The number of rotatable bonds is 5. The van der Waals surface area contributed by atoms with E-state index in [0.29, 0.717) is 23.8 Å². The lowest BCUT2D eigenvalue weighted by atomic mass is 10.1. The van der Waals surface area contributed by atoms with Crippen molar-refractivity contribution in [2.75, 3.05) is 13.7 Å². The molecular formula is C13H16O4. The van der Waals surface area contributed by atoms with Gasteiger partial charge >= 0.3 is 5.97 Å². The number of aliphatic hydroxyl groups excluding tert-OH is 1. The van der Waals surface area contributed by atoms with Crippen LogP contribution in [-0.2, 0) is 9.53 Å². The van der Waals surface area contributed by atoms with Gasteiger partial charge in [0.05, 0.1) is 13.7 Å². The van der Waals surface area contributed by atoms with Crippen molar-refractivity contribution in [3.63, 3.8) is 0 Å². The molecule has 0 spiro atoms. The number of methoxy groups -OCH3 is 1. The van der Waals surface area contributed by atoms with Crippen LogP contribution in [-0.4, -0.2) is 24.8 Å². The first-order chi connectivity index (χ1) is 8.20. The number of aliphatic hydroxyl groups is 1. The summed E-state index contributed by atoms with van der Waals surface area (Å²) in [5.74, 6) is 0.686. The van der Waals surface area contributed by atoms with Crippen molar-refractivity contribution in [1.29, 1.82) is 0 Å². The summed E-state index contributed by atoms with van der Waals surface area (Å²) in [6.07, 6.45) is 1.21. The molecule has 1 aliphatic rings. The Morgan fingerprint density at radius 3 is 2.94 bits per heavy atom. The van der Waals surface area contributed by atoms with E-state index in [0.717, 1.165) is 0 Å². The zero-order chi connectivity index (χ0) is 12.3. The minimum atomic E-state index is -1.25. The number of benzene rings is 1. The molecule has 1 fully saturated rings. The molecule has 4 heteroatoms. The Labute approximate surface area is 100 Å². The van der Waals surface area contributed by atoms with Crippen molar-refractivity contribution in [3.8, 4) is 5.75 Å². The lowest BCUT2D eigenvalue weighted by Crippen LogP contribution is -2.13. The monoisotopic (exact) mass is 236 g/mol. The van der Waals surface area contributed by atoms with Crippen LogP contribution in [0.4, 0.5) is 0 Å². The zero-order valence-corrected chi connectivity index (χ0v) is 9.76. The second kappa shape index (κ2) is 5.19. The summed E-state index contributed by atoms with van der Waals surface area (Å²) >= 11 is 0. The second-order valence-corrected chi connectivity index (χ2v) is 4.25. The third kappa shape index (κ3) is 3.20. The van der Waals surface area contributed by atoms with E-state index in [2.05, 4.69) is 4.74 Å². The minimum absolute atomic E-state index is 0.491. The number of ether oxygens (including phenoxy) is 2. The fourth-order valence-electron chi connectivity index (χ4n) is 1.52. The molecule has 92 valence electrons. The molecule has 0 radical (unpaired) electrons. The molecule has 2 rings (SSSR count). The summed E-state index contributed by atoms with van der Waals surface area (Å²) in [5, 5.41) is 9.67. The van der Waals surface area contributed by atoms with Crippen LogP contribution < -0.4 is 4.74 Å². The molecule has 1 aromatic rings. The van der Waals surface area contributed by atoms with Gasteiger partial charge in [-0.05, 0) is 36.5 Å². The van der Waals surface area contributed by atoms with Crippen molar-refractivity contribution in [3.05, 3.63) is 29.8 Å². The van der Waals surface area contributed by atoms with Crippen LogP contribution in [0.2, 0.25) is 0 Å². The normalized spacial score (nSPS) is 16.4. The molecule has 4 nitrogen and oxygen atoms in total. The molecule has 17 heavy (non-hydrogen) atoms. The molecule has 0 heterocycles. The van der Waals surface area contributed by atoms with E-state index in [1.165, 1.54) is 20.0 Å². The lowest BCUT2D eigenvalue weighted by molar-refractivity contribution is -0.150. The van der Waals surface area contributed by atoms with Crippen LogP contribution in [0.5, 0.6) is 5.75 Å². The van der Waals surface area contributed by atoms with Gasteiger partial charge in [0.2, 0.25) is 0 Å². The summed E-state index contributed by atoms with van der Waals surface area (Å²) in [6.45, 7) is 0.706. The van der Waals surface area contributed by atoms with Crippen molar-refractivity contribution in [2.24, 2.45) is 5.92 Å². The van der Waals surface area contributed by atoms with E-state index in [1.807, 2.05) is 6.07 Å². The van der Waals surface area contributed by atoms with E-state index in [-0.39, 0.29) is 0 Å². The molecule has 0 amide bonds. The zero-order valence-electron chi connectivity index (χ0n) is 9.76. The fraction of sp³-hybridized carbons (Fsp3) is 0.462. The smallest absolute Gasteiger partial charge is 0.339 e. The maximum absolute atomic E-state index is 11.2. The predicted molar refractivity (Wildman–Crippen MR) is 61.6 cm³/mol. The quantitative estimate of drug-likeness (QED) is 0.790. The van der Waals surface area contributed by atoms with Crippen molar-refractivity contribution in [1.82, 2.24) is 0 Å². The van der Waals surface area contributed by atoms with E-state index >= 15 is 0 Å². The molecule has 0 aliphatic heterocycles. The molecule has 0 aromatic heterocycles. The molecular weight excluding hydrogens is 220 g/mol. The fourth-order valence-corrected chi connectivity index (χ4v) is 1.52. The van der Waals surface area contributed by atoms with E-state index < -0.39 is 12.1 Å². The third-order valence-electron chi connectivity index (χ3n) is 2.78. The minimum Gasteiger partial charge on any atom is -0.493 e. The van der Waals surface area contributed by atoms with Crippen LogP contribution in [0, 0.1) is 5.92 Å². The Kier molecular flexibility index (Phi) is 3.64. The number of hydrogen-bond acceptors (Lipinski definition) is 4. The van der Waals surface area contributed by atoms with Crippen LogP contribution in [0.1, 0.15) is 24.5 Å². The Morgan fingerprint density at radius 2 is 2.29 bits per heavy atom. The van der Waals surface area contributed by atoms with Gasteiger partial charge in [0.1, 0.15) is 5.75 Å².